The maximum absolute atomic E-state index is 12.9. The van der Waals surface area contributed by atoms with Gasteiger partial charge in [-0.05, 0) is 35.9 Å². The molecule has 3 rings (SSSR count). The summed E-state index contributed by atoms with van der Waals surface area (Å²) < 4.78 is 10.5. The number of benzene rings is 1. The molecule has 1 fully saturated rings. The van der Waals surface area contributed by atoms with Gasteiger partial charge in [0, 0.05) is 18.0 Å². The van der Waals surface area contributed by atoms with Gasteiger partial charge in [-0.1, -0.05) is 0 Å². The summed E-state index contributed by atoms with van der Waals surface area (Å²) in [5.74, 6) is -0.685. The number of nitrogens with one attached hydrogen (secondary N) is 1. The number of aromatic nitrogens is 1. The Morgan fingerprint density at radius 1 is 1.10 bits per heavy atom. The quantitative estimate of drug-likeness (QED) is 0.394. The summed E-state index contributed by atoms with van der Waals surface area (Å²) >= 11 is 0. The fourth-order valence-electron chi connectivity index (χ4n) is 3.49. The Hall–Kier alpha value is -3.39. The molecule has 0 spiro atoms. The van der Waals surface area contributed by atoms with Crippen LogP contribution in [0.25, 0.3) is 5.76 Å². The van der Waals surface area contributed by atoms with E-state index in [1.165, 1.54) is 19.1 Å². The van der Waals surface area contributed by atoms with Gasteiger partial charge in [0.25, 0.3) is 11.7 Å². The third-order valence-electron chi connectivity index (χ3n) is 5.07. The molecule has 1 amide bonds. The number of carbonyl (C=O) groups is 2. The predicted molar refractivity (Wildman–Crippen MR) is 110 cm³/mol. The van der Waals surface area contributed by atoms with Crippen LogP contribution in [0, 0.1) is 0 Å². The number of likely N-dealkylation sites (N-methyl/N-ethyl adjacent to an activating group) is 1. The van der Waals surface area contributed by atoms with E-state index in [2.05, 4.69) is 4.98 Å². The van der Waals surface area contributed by atoms with E-state index in [4.69, 9.17) is 9.47 Å². The lowest BCUT2D eigenvalue weighted by Crippen LogP contribution is -3.06. The number of rotatable bonds is 7. The van der Waals surface area contributed by atoms with E-state index >= 15 is 0 Å². The van der Waals surface area contributed by atoms with Crippen LogP contribution in [0.1, 0.15) is 17.2 Å². The van der Waals surface area contributed by atoms with Gasteiger partial charge in [0.05, 0.1) is 53.0 Å². The normalized spacial score (nSPS) is 18.2. The van der Waals surface area contributed by atoms with E-state index in [0.717, 1.165) is 4.90 Å². The summed E-state index contributed by atoms with van der Waals surface area (Å²) in [5, 5.41) is 11.1. The number of carbonyl (C=O) groups excluding carboxylic acids is 2. The Kier molecular flexibility index (Phi) is 6.37. The lowest BCUT2D eigenvalue weighted by atomic mass is 9.96. The van der Waals surface area contributed by atoms with E-state index in [1.54, 1.807) is 42.7 Å². The smallest absolute Gasteiger partial charge is 0.295 e. The third kappa shape index (κ3) is 3.99. The maximum Gasteiger partial charge on any atom is 0.295 e. The number of likely N-dealkylation sites (tertiary alicyclic amines) is 1. The van der Waals surface area contributed by atoms with Crippen LogP contribution in [0.3, 0.4) is 0 Å². The molecule has 2 heterocycles. The lowest BCUT2D eigenvalue weighted by molar-refractivity contribution is -0.857. The summed E-state index contributed by atoms with van der Waals surface area (Å²) in [6, 6.07) is 7.63. The van der Waals surface area contributed by atoms with Crippen molar-refractivity contribution in [3.63, 3.8) is 0 Å². The lowest BCUT2D eigenvalue weighted by Gasteiger charge is -2.25. The fourth-order valence-corrected chi connectivity index (χ4v) is 3.49. The van der Waals surface area contributed by atoms with Gasteiger partial charge in [0.1, 0.15) is 5.76 Å². The molecule has 1 saturated heterocycles. The third-order valence-corrected chi connectivity index (χ3v) is 5.07. The molecule has 0 unspecified atom stereocenters. The average Bonchev–Trinajstić information content (AvgIpc) is 3.01. The highest BCUT2D eigenvalue weighted by Gasteiger charge is 2.46. The van der Waals surface area contributed by atoms with Crippen molar-refractivity contribution in [3.8, 4) is 11.5 Å². The second kappa shape index (κ2) is 8.96. The molecule has 1 atom stereocenters. The Morgan fingerprint density at radius 2 is 1.77 bits per heavy atom. The van der Waals surface area contributed by atoms with Crippen LogP contribution in [0.4, 0.5) is 0 Å². The number of amides is 1. The molecule has 30 heavy (non-hydrogen) atoms. The van der Waals surface area contributed by atoms with Crippen molar-refractivity contribution in [2.75, 3.05) is 41.4 Å². The van der Waals surface area contributed by atoms with Gasteiger partial charge in [-0.2, -0.15) is 0 Å². The molecule has 8 nitrogen and oxygen atoms in total. The topological polar surface area (TPSA) is 93.4 Å². The largest absolute Gasteiger partial charge is 0.507 e. The minimum atomic E-state index is -0.710. The molecule has 0 aliphatic carbocycles. The van der Waals surface area contributed by atoms with Gasteiger partial charge < -0.3 is 24.4 Å². The minimum Gasteiger partial charge on any atom is -0.507 e. The molecule has 2 N–H and O–H groups in total. The number of hydrogen-bond donors (Lipinski definition) is 2. The molecule has 1 aromatic carbocycles. The highest BCUT2D eigenvalue weighted by atomic mass is 16.5. The number of methoxy groups -OCH3 is 2. The molecule has 158 valence electrons. The number of aliphatic hydroxyl groups is 1. The minimum absolute atomic E-state index is 0.0483. The van der Waals surface area contributed by atoms with Gasteiger partial charge in [-0.15, -0.1) is 0 Å². The molecule has 1 aliphatic heterocycles. The highest BCUT2D eigenvalue weighted by molar-refractivity contribution is 6.46. The number of quaternary nitrogens is 1. The Bertz CT molecular complexity index is 972. The number of ketones is 1. The molecular formula is C22H26N3O5+. The Morgan fingerprint density at radius 3 is 2.37 bits per heavy atom. The summed E-state index contributed by atoms with van der Waals surface area (Å²) in [5.41, 5.74) is 1.12. The number of pyridine rings is 1. The van der Waals surface area contributed by atoms with E-state index < -0.39 is 17.7 Å². The van der Waals surface area contributed by atoms with Gasteiger partial charge in [-0.3, -0.25) is 14.6 Å². The second-order valence-electron chi connectivity index (χ2n) is 7.30. The van der Waals surface area contributed by atoms with Crippen LogP contribution in [0.2, 0.25) is 0 Å². The van der Waals surface area contributed by atoms with Crippen molar-refractivity contribution in [3.05, 3.63) is 59.4 Å². The number of aliphatic hydroxyl groups excluding tert-OH is 1. The number of ether oxygens (including phenoxy) is 2. The van der Waals surface area contributed by atoms with Crippen molar-refractivity contribution in [1.82, 2.24) is 9.88 Å². The maximum atomic E-state index is 12.9. The summed E-state index contributed by atoms with van der Waals surface area (Å²) in [4.78, 5) is 32.5. The SMILES string of the molecule is COc1ccc(/C(O)=C2\C(=O)C(=O)N(CC[NH+](C)C)[C@@H]2c2ccncc2)cc1OC. The van der Waals surface area contributed by atoms with Crippen LogP contribution in [-0.4, -0.2) is 68.1 Å². The Balaban J connectivity index is 2.14. The zero-order valence-electron chi connectivity index (χ0n) is 17.5. The van der Waals surface area contributed by atoms with E-state index in [0.29, 0.717) is 35.7 Å². The molecule has 1 aliphatic rings. The first kappa shape index (κ1) is 21.3. The molecule has 1 aromatic heterocycles. The van der Waals surface area contributed by atoms with Crippen molar-refractivity contribution >= 4 is 17.4 Å². The fraction of sp³-hybridized carbons (Fsp3) is 0.318. The van der Waals surface area contributed by atoms with Crippen LogP contribution in [0.5, 0.6) is 11.5 Å². The summed E-state index contributed by atoms with van der Waals surface area (Å²) in [7, 11) is 6.95. The molecule has 0 radical (unpaired) electrons. The average molecular weight is 412 g/mol. The van der Waals surface area contributed by atoms with E-state index in [-0.39, 0.29) is 11.3 Å². The Labute approximate surface area is 175 Å². The van der Waals surface area contributed by atoms with Crippen LogP contribution in [-0.2, 0) is 9.59 Å². The summed E-state index contributed by atoms with van der Waals surface area (Å²) in [6.07, 6.45) is 3.20. The van der Waals surface area contributed by atoms with Crippen molar-refractivity contribution < 1.29 is 29.1 Å². The van der Waals surface area contributed by atoms with Crippen LogP contribution >= 0.6 is 0 Å². The monoisotopic (exact) mass is 412 g/mol. The molecule has 8 heteroatoms. The van der Waals surface area contributed by atoms with Gasteiger partial charge in [-0.25, -0.2) is 0 Å². The van der Waals surface area contributed by atoms with Gasteiger partial charge >= 0.3 is 0 Å². The van der Waals surface area contributed by atoms with Crippen molar-refractivity contribution in [2.24, 2.45) is 0 Å². The van der Waals surface area contributed by atoms with Crippen molar-refractivity contribution in [2.45, 2.75) is 6.04 Å². The second-order valence-corrected chi connectivity index (χ2v) is 7.30. The van der Waals surface area contributed by atoms with Crippen LogP contribution < -0.4 is 14.4 Å². The highest BCUT2D eigenvalue weighted by Crippen LogP contribution is 2.40. The molecule has 0 bridgehead atoms. The first-order valence-corrected chi connectivity index (χ1v) is 9.58. The van der Waals surface area contributed by atoms with Crippen LogP contribution in [0.15, 0.2) is 48.3 Å². The zero-order chi connectivity index (χ0) is 21.8. The number of Topliss-reactive ketones (excluding diaryl/α,β-unsaturated/α-hetero) is 1. The van der Waals surface area contributed by atoms with E-state index in [1.807, 2.05) is 14.1 Å². The molecule has 0 saturated carbocycles. The van der Waals surface area contributed by atoms with Gasteiger partial charge in [0.15, 0.2) is 11.5 Å². The van der Waals surface area contributed by atoms with Gasteiger partial charge in [0.2, 0.25) is 0 Å². The number of hydrogen-bond acceptors (Lipinski definition) is 6. The molecule has 2 aromatic rings. The predicted octanol–water partition coefficient (Wildman–Crippen LogP) is 0.665. The van der Waals surface area contributed by atoms with E-state index in [9.17, 15) is 14.7 Å². The molecular weight excluding hydrogens is 386 g/mol. The standard InChI is InChI=1S/C22H25N3O5/c1-24(2)11-12-25-19(14-7-9-23-10-8-14)18(21(27)22(25)28)20(26)15-5-6-16(29-3)17(13-15)30-4/h5-10,13,19,26H,11-12H2,1-4H3/p+1/b20-18+/t19-/m1/s1. The van der Waals surface area contributed by atoms with Crippen molar-refractivity contribution in [1.29, 1.82) is 0 Å². The summed E-state index contributed by atoms with van der Waals surface area (Å²) in [6.45, 7) is 1.04. The zero-order valence-corrected chi connectivity index (χ0v) is 17.5. The first-order chi connectivity index (χ1) is 14.4. The number of nitrogens with zero attached hydrogens (tertiary/aromatic N) is 2. The first-order valence-electron chi connectivity index (χ1n) is 9.58.